The van der Waals surface area contributed by atoms with Crippen LogP contribution in [0.25, 0.3) is 0 Å². The molecule has 5 heteroatoms. The van der Waals surface area contributed by atoms with Crippen molar-refractivity contribution in [3.05, 3.63) is 12.2 Å². The van der Waals surface area contributed by atoms with Crippen LogP contribution in [0.1, 0.15) is 25.1 Å². The lowest BCUT2D eigenvalue weighted by molar-refractivity contribution is 0.466. The Morgan fingerprint density at radius 1 is 1.62 bits per heavy atom. The Hall–Kier alpha value is -1.41. The fourth-order valence-corrected chi connectivity index (χ4v) is 2.23. The van der Waals surface area contributed by atoms with Crippen LogP contribution in [0.5, 0.6) is 0 Å². The van der Waals surface area contributed by atoms with Crippen molar-refractivity contribution in [2.45, 2.75) is 31.7 Å². The van der Waals surface area contributed by atoms with Crippen LogP contribution < -0.4 is 5.32 Å². The van der Waals surface area contributed by atoms with Crippen molar-refractivity contribution in [2.24, 2.45) is 13.0 Å². The molecule has 1 heterocycles. The molecule has 2 rings (SSSR count). The maximum absolute atomic E-state index is 8.94. The normalized spacial score (nSPS) is 24.5. The van der Waals surface area contributed by atoms with Crippen molar-refractivity contribution in [3.63, 3.8) is 0 Å². The summed E-state index contributed by atoms with van der Waals surface area (Å²) in [7, 11) is 1.87. The van der Waals surface area contributed by atoms with E-state index in [0.717, 1.165) is 38.1 Å². The fourth-order valence-electron chi connectivity index (χ4n) is 2.23. The Morgan fingerprint density at radius 2 is 2.50 bits per heavy atom. The van der Waals surface area contributed by atoms with Crippen LogP contribution in [-0.4, -0.2) is 27.4 Å². The zero-order valence-electron chi connectivity index (χ0n) is 9.56. The first-order valence-electron chi connectivity index (χ1n) is 5.77. The Kier molecular flexibility index (Phi) is 3.52. The van der Waals surface area contributed by atoms with Gasteiger partial charge in [0, 0.05) is 26.1 Å². The van der Waals surface area contributed by atoms with E-state index in [2.05, 4.69) is 21.5 Å². The van der Waals surface area contributed by atoms with Crippen molar-refractivity contribution in [3.8, 4) is 6.07 Å². The standard InChI is InChI=1S/C11H17N5/c1-16-8-14-11(15-16)5-6-13-10-4-2-3-9(10)7-12/h8-10,13H,2-6H2,1H3. The summed E-state index contributed by atoms with van der Waals surface area (Å²) < 4.78 is 1.71. The smallest absolute Gasteiger partial charge is 0.151 e. The average Bonchev–Trinajstić information content (AvgIpc) is 2.87. The van der Waals surface area contributed by atoms with Gasteiger partial charge in [-0.25, -0.2) is 4.98 Å². The molecule has 1 aliphatic carbocycles. The summed E-state index contributed by atoms with van der Waals surface area (Å²) in [4.78, 5) is 4.17. The minimum absolute atomic E-state index is 0.191. The Labute approximate surface area is 95.5 Å². The molecule has 0 amide bonds. The number of nitrogens with zero attached hydrogens (tertiary/aromatic N) is 4. The van der Waals surface area contributed by atoms with Gasteiger partial charge in [0.1, 0.15) is 6.33 Å². The van der Waals surface area contributed by atoms with Gasteiger partial charge in [-0.2, -0.15) is 10.4 Å². The number of rotatable bonds is 4. The molecular weight excluding hydrogens is 202 g/mol. The second kappa shape index (κ2) is 5.08. The van der Waals surface area contributed by atoms with Crippen molar-refractivity contribution in [2.75, 3.05) is 6.54 Å². The highest BCUT2D eigenvalue weighted by Gasteiger charge is 2.26. The summed E-state index contributed by atoms with van der Waals surface area (Å²) in [6.07, 6.45) is 5.86. The van der Waals surface area contributed by atoms with Crippen LogP contribution in [0.2, 0.25) is 0 Å². The van der Waals surface area contributed by atoms with E-state index < -0.39 is 0 Å². The van der Waals surface area contributed by atoms with Crippen LogP contribution in [0, 0.1) is 17.2 Å². The van der Waals surface area contributed by atoms with Crippen LogP contribution in [-0.2, 0) is 13.5 Å². The fraction of sp³-hybridized carbons (Fsp3) is 0.727. The molecule has 0 aromatic carbocycles. The minimum atomic E-state index is 0.191. The van der Waals surface area contributed by atoms with Gasteiger partial charge >= 0.3 is 0 Å². The molecule has 2 atom stereocenters. The third-order valence-corrected chi connectivity index (χ3v) is 3.08. The second-order valence-corrected chi connectivity index (χ2v) is 4.31. The molecule has 1 aromatic rings. The van der Waals surface area contributed by atoms with Gasteiger partial charge in [0.2, 0.25) is 0 Å². The summed E-state index contributed by atoms with van der Waals surface area (Å²) in [5, 5.41) is 16.6. The third kappa shape index (κ3) is 2.58. The van der Waals surface area contributed by atoms with Crippen molar-refractivity contribution >= 4 is 0 Å². The van der Waals surface area contributed by atoms with Gasteiger partial charge in [-0.15, -0.1) is 0 Å². The van der Waals surface area contributed by atoms with E-state index in [9.17, 15) is 0 Å². The monoisotopic (exact) mass is 219 g/mol. The highest BCUT2D eigenvalue weighted by atomic mass is 15.3. The van der Waals surface area contributed by atoms with Crippen LogP contribution in [0.3, 0.4) is 0 Å². The molecule has 0 bridgehead atoms. The zero-order chi connectivity index (χ0) is 11.4. The van der Waals surface area contributed by atoms with Crippen LogP contribution >= 0.6 is 0 Å². The third-order valence-electron chi connectivity index (χ3n) is 3.08. The van der Waals surface area contributed by atoms with Crippen molar-refractivity contribution in [1.82, 2.24) is 20.1 Å². The Balaban J connectivity index is 1.74. The SMILES string of the molecule is Cn1cnc(CCNC2CCCC2C#N)n1. The maximum Gasteiger partial charge on any atom is 0.151 e. The molecule has 1 aromatic heterocycles. The first-order valence-corrected chi connectivity index (χ1v) is 5.77. The molecular formula is C11H17N5. The largest absolute Gasteiger partial charge is 0.312 e. The molecule has 0 radical (unpaired) electrons. The molecule has 1 saturated carbocycles. The Bertz CT molecular complexity index is 378. The summed E-state index contributed by atoms with van der Waals surface area (Å²) in [6.45, 7) is 0.854. The van der Waals surface area contributed by atoms with Gasteiger partial charge in [0.15, 0.2) is 5.82 Å². The number of aryl methyl sites for hydroxylation is 1. The van der Waals surface area contributed by atoms with Gasteiger partial charge in [-0.1, -0.05) is 6.42 Å². The van der Waals surface area contributed by atoms with Crippen LogP contribution in [0.15, 0.2) is 6.33 Å². The predicted octanol–water partition coefficient (Wildman–Crippen LogP) is 0.639. The molecule has 16 heavy (non-hydrogen) atoms. The van der Waals surface area contributed by atoms with Gasteiger partial charge in [-0.3, -0.25) is 4.68 Å². The van der Waals surface area contributed by atoms with E-state index in [4.69, 9.17) is 5.26 Å². The van der Waals surface area contributed by atoms with Crippen LogP contribution in [0.4, 0.5) is 0 Å². The first kappa shape index (κ1) is 11.1. The van der Waals surface area contributed by atoms with Gasteiger partial charge in [0.05, 0.1) is 12.0 Å². The highest BCUT2D eigenvalue weighted by molar-refractivity contribution is 4.96. The number of hydrogen-bond donors (Lipinski definition) is 1. The molecule has 86 valence electrons. The lowest BCUT2D eigenvalue weighted by Crippen LogP contribution is -2.33. The number of hydrogen-bond acceptors (Lipinski definition) is 4. The molecule has 1 N–H and O–H groups in total. The van der Waals surface area contributed by atoms with Gasteiger partial charge in [-0.05, 0) is 12.8 Å². The van der Waals surface area contributed by atoms with E-state index in [1.165, 1.54) is 0 Å². The molecule has 2 unspecified atom stereocenters. The zero-order valence-corrected chi connectivity index (χ0v) is 9.56. The molecule has 1 aliphatic rings. The molecule has 5 nitrogen and oxygen atoms in total. The number of nitriles is 1. The van der Waals surface area contributed by atoms with E-state index >= 15 is 0 Å². The lowest BCUT2D eigenvalue weighted by atomic mass is 10.1. The van der Waals surface area contributed by atoms with Gasteiger partial charge in [0.25, 0.3) is 0 Å². The van der Waals surface area contributed by atoms with E-state index in [1.54, 1.807) is 11.0 Å². The van der Waals surface area contributed by atoms with E-state index in [0.29, 0.717) is 6.04 Å². The Morgan fingerprint density at radius 3 is 3.19 bits per heavy atom. The van der Waals surface area contributed by atoms with Crippen molar-refractivity contribution < 1.29 is 0 Å². The van der Waals surface area contributed by atoms with E-state index in [1.807, 2.05) is 7.05 Å². The maximum atomic E-state index is 8.94. The number of aromatic nitrogens is 3. The van der Waals surface area contributed by atoms with Gasteiger partial charge < -0.3 is 5.32 Å². The molecule has 0 saturated heterocycles. The summed E-state index contributed by atoms with van der Waals surface area (Å²) in [5.41, 5.74) is 0. The van der Waals surface area contributed by atoms with E-state index in [-0.39, 0.29) is 5.92 Å². The second-order valence-electron chi connectivity index (χ2n) is 4.31. The lowest BCUT2D eigenvalue weighted by Gasteiger charge is -2.14. The quantitative estimate of drug-likeness (QED) is 0.807. The molecule has 1 fully saturated rings. The molecule has 0 spiro atoms. The summed E-state index contributed by atoms with van der Waals surface area (Å²) in [6, 6.07) is 2.74. The first-order chi connectivity index (χ1) is 7.79. The summed E-state index contributed by atoms with van der Waals surface area (Å²) in [5.74, 6) is 1.05. The minimum Gasteiger partial charge on any atom is -0.312 e. The topological polar surface area (TPSA) is 66.5 Å². The number of nitrogens with one attached hydrogen (secondary N) is 1. The molecule has 0 aliphatic heterocycles. The summed E-state index contributed by atoms with van der Waals surface area (Å²) >= 11 is 0. The average molecular weight is 219 g/mol. The van der Waals surface area contributed by atoms with Crippen molar-refractivity contribution in [1.29, 1.82) is 5.26 Å². The highest BCUT2D eigenvalue weighted by Crippen LogP contribution is 2.24. The predicted molar refractivity (Wildman–Crippen MR) is 59.5 cm³/mol.